The fourth-order valence-corrected chi connectivity index (χ4v) is 4.50. The van der Waals surface area contributed by atoms with E-state index >= 15 is 0 Å². The minimum Gasteiger partial charge on any atom is -0.378 e. The number of aromatic nitrogens is 2. The van der Waals surface area contributed by atoms with Crippen molar-refractivity contribution in [1.82, 2.24) is 14.9 Å². The van der Waals surface area contributed by atoms with Gasteiger partial charge in [-0.15, -0.1) is 0 Å². The number of anilines is 2. The third-order valence-electron chi connectivity index (χ3n) is 5.93. The fourth-order valence-electron chi connectivity index (χ4n) is 4.24. The summed E-state index contributed by atoms with van der Waals surface area (Å²) in [5.41, 5.74) is 2.54. The summed E-state index contributed by atoms with van der Waals surface area (Å²) in [5, 5.41) is 1.65. The van der Waals surface area contributed by atoms with E-state index in [1.807, 2.05) is 47.4 Å². The van der Waals surface area contributed by atoms with Crippen LogP contribution in [-0.2, 0) is 4.74 Å². The molecule has 31 heavy (non-hydrogen) atoms. The van der Waals surface area contributed by atoms with Gasteiger partial charge in [-0.3, -0.25) is 4.79 Å². The van der Waals surface area contributed by atoms with Gasteiger partial charge < -0.3 is 19.4 Å². The minimum absolute atomic E-state index is 0.0393. The second-order valence-corrected chi connectivity index (χ2v) is 8.17. The van der Waals surface area contributed by atoms with E-state index in [4.69, 9.17) is 16.3 Å². The lowest BCUT2D eigenvalue weighted by molar-refractivity contribution is 0.0747. The molecule has 5 rings (SSSR count). The van der Waals surface area contributed by atoms with Crippen molar-refractivity contribution in [3.8, 4) is 0 Å². The Morgan fingerprint density at radius 3 is 2.45 bits per heavy atom. The third-order valence-corrected chi connectivity index (χ3v) is 6.25. The van der Waals surface area contributed by atoms with Gasteiger partial charge in [0, 0.05) is 50.2 Å². The predicted octanol–water partition coefficient (Wildman–Crippen LogP) is 3.08. The molecule has 2 aliphatic rings. The summed E-state index contributed by atoms with van der Waals surface area (Å²) >= 11 is 6.34. The molecular weight excluding hydrogens is 414 g/mol. The van der Waals surface area contributed by atoms with E-state index in [9.17, 15) is 4.79 Å². The third kappa shape index (κ3) is 4.03. The molecule has 0 aliphatic carbocycles. The molecule has 8 heteroatoms. The summed E-state index contributed by atoms with van der Waals surface area (Å²) in [4.78, 5) is 28.5. The van der Waals surface area contributed by atoms with Gasteiger partial charge in [0.25, 0.3) is 5.91 Å². The molecule has 160 valence electrons. The van der Waals surface area contributed by atoms with Gasteiger partial charge in [0.05, 0.1) is 29.4 Å². The number of carbonyl (C=O) groups is 1. The largest absolute Gasteiger partial charge is 0.378 e. The van der Waals surface area contributed by atoms with Crippen LogP contribution in [0.4, 0.5) is 11.5 Å². The lowest BCUT2D eigenvalue weighted by Crippen LogP contribution is -2.48. The second kappa shape index (κ2) is 8.69. The van der Waals surface area contributed by atoms with Gasteiger partial charge in [-0.05, 0) is 30.3 Å². The number of halogens is 1. The molecule has 0 bridgehead atoms. The van der Waals surface area contributed by atoms with Gasteiger partial charge in [0.15, 0.2) is 0 Å². The predicted molar refractivity (Wildman–Crippen MR) is 122 cm³/mol. The fraction of sp³-hybridized carbons (Fsp3) is 0.348. The van der Waals surface area contributed by atoms with Crippen LogP contribution in [0.2, 0.25) is 5.02 Å². The molecule has 0 saturated carbocycles. The summed E-state index contributed by atoms with van der Waals surface area (Å²) in [6.45, 7) is 5.76. The van der Waals surface area contributed by atoms with E-state index < -0.39 is 0 Å². The number of amides is 1. The number of nitrogens with zero attached hydrogens (tertiary/aromatic N) is 5. The first-order valence-electron chi connectivity index (χ1n) is 10.6. The molecule has 0 atom stereocenters. The van der Waals surface area contributed by atoms with E-state index in [1.165, 1.54) is 0 Å². The number of hydrogen-bond donors (Lipinski definition) is 0. The molecule has 2 aliphatic heterocycles. The Bertz CT molecular complexity index is 1090. The molecule has 0 spiro atoms. The Kier molecular flexibility index (Phi) is 5.61. The van der Waals surface area contributed by atoms with E-state index in [0.717, 1.165) is 53.6 Å². The van der Waals surface area contributed by atoms with Gasteiger partial charge in [-0.1, -0.05) is 23.7 Å². The normalized spacial score (nSPS) is 17.3. The van der Waals surface area contributed by atoms with Crippen molar-refractivity contribution in [3.63, 3.8) is 0 Å². The van der Waals surface area contributed by atoms with Crippen LogP contribution in [0.25, 0.3) is 10.9 Å². The molecule has 3 aromatic rings. The van der Waals surface area contributed by atoms with Crippen LogP contribution in [0.3, 0.4) is 0 Å². The van der Waals surface area contributed by atoms with Crippen molar-refractivity contribution in [2.24, 2.45) is 0 Å². The van der Waals surface area contributed by atoms with Gasteiger partial charge in [0.1, 0.15) is 12.1 Å². The van der Waals surface area contributed by atoms with Crippen LogP contribution in [0.1, 0.15) is 10.4 Å². The Morgan fingerprint density at radius 1 is 0.903 bits per heavy atom. The number of fused-ring (bicyclic) bond motifs is 1. The second-order valence-electron chi connectivity index (χ2n) is 7.76. The van der Waals surface area contributed by atoms with Gasteiger partial charge in [-0.25, -0.2) is 9.97 Å². The Hall–Kier alpha value is -2.90. The summed E-state index contributed by atoms with van der Waals surface area (Å²) < 4.78 is 5.46. The molecule has 2 saturated heterocycles. The van der Waals surface area contributed by atoms with Crippen LogP contribution < -0.4 is 9.80 Å². The molecule has 0 radical (unpaired) electrons. The highest BCUT2D eigenvalue weighted by Gasteiger charge is 2.24. The van der Waals surface area contributed by atoms with Gasteiger partial charge >= 0.3 is 0 Å². The molecule has 1 aromatic heterocycles. The SMILES string of the molecule is O=C(c1ccc2ncnc(N3CCOCC3)c2c1)N1CCN(c2ccccc2Cl)CC1. The van der Waals surface area contributed by atoms with Gasteiger partial charge in [-0.2, -0.15) is 0 Å². The highest BCUT2D eigenvalue weighted by molar-refractivity contribution is 6.33. The summed E-state index contributed by atoms with van der Waals surface area (Å²) in [6, 6.07) is 13.5. The smallest absolute Gasteiger partial charge is 0.254 e. The maximum atomic E-state index is 13.2. The van der Waals surface area contributed by atoms with Crippen molar-refractivity contribution in [2.75, 3.05) is 62.3 Å². The van der Waals surface area contributed by atoms with Crippen molar-refractivity contribution >= 4 is 39.9 Å². The maximum absolute atomic E-state index is 13.2. The number of morpholine rings is 1. The number of hydrogen-bond acceptors (Lipinski definition) is 6. The lowest BCUT2D eigenvalue weighted by Gasteiger charge is -2.36. The lowest BCUT2D eigenvalue weighted by atomic mass is 10.1. The monoisotopic (exact) mass is 437 g/mol. The topological polar surface area (TPSA) is 61.8 Å². The molecule has 2 fully saturated rings. The van der Waals surface area contributed by atoms with Crippen LogP contribution in [0.5, 0.6) is 0 Å². The van der Waals surface area contributed by atoms with E-state index in [2.05, 4.69) is 19.8 Å². The Balaban J connectivity index is 1.35. The number of rotatable bonds is 3. The molecule has 1 amide bonds. The summed E-state index contributed by atoms with van der Waals surface area (Å²) in [5.74, 6) is 0.906. The van der Waals surface area contributed by atoms with E-state index in [-0.39, 0.29) is 5.91 Å². The zero-order valence-electron chi connectivity index (χ0n) is 17.2. The molecule has 2 aromatic carbocycles. The standard InChI is InChI=1S/C23H24ClN5O2/c24-19-3-1-2-4-21(19)27-7-9-29(10-8-27)23(30)17-5-6-20-18(15-17)22(26-16-25-20)28-11-13-31-14-12-28/h1-6,15-16H,7-14H2. The van der Waals surface area contributed by atoms with Crippen molar-refractivity contribution in [3.05, 3.63) is 59.4 Å². The first kappa shape index (κ1) is 20.0. The van der Waals surface area contributed by atoms with Crippen LogP contribution in [0, 0.1) is 0 Å². The summed E-state index contributed by atoms with van der Waals surface area (Å²) in [7, 11) is 0. The van der Waals surface area contributed by atoms with Gasteiger partial charge in [0.2, 0.25) is 0 Å². The van der Waals surface area contributed by atoms with Crippen LogP contribution in [-0.4, -0.2) is 73.3 Å². The van der Waals surface area contributed by atoms with Crippen molar-refractivity contribution < 1.29 is 9.53 Å². The zero-order chi connectivity index (χ0) is 21.2. The average Bonchev–Trinajstić information content (AvgIpc) is 2.84. The van der Waals surface area contributed by atoms with E-state index in [0.29, 0.717) is 31.9 Å². The van der Waals surface area contributed by atoms with Crippen molar-refractivity contribution in [1.29, 1.82) is 0 Å². The minimum atomic E-state index is 0.0393. The molecule has 0 N–H and O–H groups in total. The number of carbonyl (C=O) groups excluding carboxylic acids is 1. The van der Waals surface area contributed by atoms with Crippen LogP contribution in [0.15, 0.2) is 48.8 Å². The first-order chi connectivity index (χ1) is 15.2. The van der Waals surface area contributed by atoms with Crippen molar-refractivity contribution in [2.45, 2.75) is 0 Å². The molecule has 3 heterocycles. The molecule has 0 unspecified atom stereocenters. The number of ether oxygens (including phenoxy) is 1. The Morgan fingerprint density at radius 2 is 1.68 bits per heavy atom. The quantitative estimate of drug-likeness (QED) is 0.627. The molecular formula is C23H24ClN5O2. The average molecular weight is 438 g/mol. The van der Waals surface area contributed by atoms with Crippen LogP contribution >= 0.6 is 11.6 Å². The Labute approximate surface area is 186 Å². The highest BCUT2D eigenvalue weighted by Crippen LogP contribution is 2.28. The van der Waals surface area contributed by atoms with E-state index in [1.54, 1.807) is 6.33 Å². The summed E-state index contributed by atoms with van der Waals surface area (Å²) in [6.07, 6.45) is 1.59. The first-order valence-corrected chi connectivity index (χ1v) is 10.9. The number of para-hydroxylation sites is 1. The highest BCUT2D eigenvalue weighted by atomic mass is 35.5. The zero-order valence-corrected chi connectivity index (χ0v) is 18.0. The number of piperazine rings is 1. The number of benzene rings is 2. The maximum Gasteiger partial charge on any atom is 0.254 e. The molecule has 7 nitrogen and oxygen atoms in total.